The van der Waals surface area contributed by atoms with Crippen LogP contribution in [0.25, 0.3) is 0 Å². The SMILES string of the molecule is COCCn1c(CN2C(=O)CCC3=C2CCCC3)nnc1C1CC(N)C1. The fourth-order valence-electron chi connectivity index (χ4n) is 4.48. The summed E-state index contributed by atoms with van der Waals surface area (Å²) in [6.07, 6.45) is 8.05. The second-order valence-corrected chi connectivity index (χ2v) is 7.78. The van der Waals surface area contributed by atoms with Gasteiger partial charge in [-0.3, -0.25) is 4.79 Å². The average Bonchev–Trinajstić information content (AvgIpc) is 3.01. The van der Waals surface area contributed by atoms with Crippen LogP contribution in [0.3, 0.4) is 0 Å². The standard InChI is InChI=1S/C19H29N5O2/c1-26-9-8-23-17(21-22-19(23)14-10-15(20)11-14)12-24-16-5-3-2-4-13(16)6-7-18(24)25/h14-15H,2-12,20H2,1H3. The summed E-state index contributed by atoms with van der Waals surface area (Å²) in [5, 5.41) is 8.93. The first kappa shape index (κ1) is 17.7. The number of aromatic nitrogens is 3. The zero-order valence-electron chi connectivity index (χ0n) is 15.6. The summed E-state index contributed by atoms with van der Waals surface area (Å²) in [5.74, 6) is 2.47. The number of rotatable bonds is 6. The van der Waals surface area contributed by atoms with Crippen LogP contribution in [0.5, 0.6) is 0 Å². The van der Waals surface area contributed by atoms with Gasteiger partial charge in [0.05, 0.1) is 13.2 Å². The molecule has 3 aliphatic rings. The molecule has 0 aromatic carbocycles. The number of nitrogens with zero attached hydrogens (tertiary/aromatic N) is 4. The lowest BCUT2D eigenvalue weighted by Crippen LogP contribution is -2.37. The van der Waals surface area contributed by atoms with E-state index in [1.54, 1.807) is 7.11 Å². The van der Waals surface area contributed by atoms with Gasteiger partial charge < -0.3 is 19.9 Å². The molecule has 0 atom stereocenters. The van der Waals surface area contributed by atoms with Crippen LogP contribution in [-0.2, 0) is 22.6 Å². The van der Waals surface area contributed by atoms with Crippen molar-refractivity contribution < 1.29 is 9.53 Å². The number of ether oxygens (including phenoxy) is 1. The summed E-state index contributed by atoms with van der Waals surface area (Å²) >= 11 is 0. The number of hydrogen-bond donors (Lipinski definition) is 1. The van der Waals surface area contributed by atoms with Crippen LogP contribution in [-0.4, -0.2) is 45.3 Å². The number of allylic oxidation sites excluding steroid dienone is 2. The van der Waals surface area contributed by atoms with Crippen LogP contribution in [0.15, 0.2) is 11.3 Å². The van der Waals surface area contributed by atoms with Crippen LogP contribution in [0.1, 0.15) is 68.9 Å². The quantitative estimate of drug-likeness (QED) is 0.840. The van der Waals surface area contributed by atoms with Gasteiger partial charge >= 0.3 is 0 Å². The van der Waals surface area contributed by atoms with E-state index in [-0.39, 0.29) is 11.9 Å². The van der Waals surface area contributed by atoms with E-state index < -0.39 is 0 Å². The molecule has 2 N–H and O–H groups in total. The van der Waals surface area contributed by atoms with Crippen molar-refractivity contribution in [2.75, 3.05) is 13.7 Å². The lowest BCUT2D eigenvalue weighted by Gasteiger charge is -2.35. The van der Waals surface area contributed by atoms with Gasteiger partial charge in [-0.25, -0.2) is 0 Å². The van der Waals surface area contributed by atoms with Crippen molar-refractivity contribution in [3.8, 4) is 0 Å². The zero-order chi connectivity index (χ0) is 18.1. The Labute approximate surface area is 154 Å². The highest BCUT2D eigenvalue weighted by atomic mass is 16.5. The minimum atomic E-state index is 0.221. The van der Waals surface area contributed by atoms with Gasteiger partial charge in [0.15, 0.2) is 5.82 Å². The Morgan fingerprint density at radius 1 is 1.15 bits per heavy atom. The monoisotopic (exact) mass is 359 g/mol. The molecule has 7 nitrogen and oxygen atoms in total. The second-order valence-electron chi connectivity index (χ2n) is 7.78. The number of amides is 1. The molecule has 0 unspecified atom stereocenters. The second kappa shape index (κ2) is 7.48. The molecule has 1 amide bonds. The predicted octanol–water partition coefficient (Wildman–Crippen LogP) is 2.08. The fourth-order valence-corrected chi connectivity index (χ4v) is 4.48. The number of hydrogen-bond acceptors (Lipinski definition) is 5. The van der Waals surface area contributed by atoms with E-state index in [1.807, 2.05) is 4.90 Å². The molecule has 0 radical (unpaired) electrons. The molecule has 1 saturated carbocycles. The van der Waals surface area contributed by atoms with Crippen molar-refractivity contribution in [1.82, 2.24) is 19.7 Å². The summed E-state index contributed by atoms with van der Waals surface area (Å²) in [4.78, 5) is 14.6. The smallest absolute Gasteiger partial charge is 0.227 e. The molecule has 4 rings (SSSR count). The number of methoxy groups -OCH3 is 1. The van der Waals surface area contributed by atoms with E-state index in [4.69, 9.17) is 10.5 Å². The first-order valence-electron chi connectivity index (χ1n) is 9.85. The minimum Gasteiger partial charge on any atom is -0.383 e. The highest BCUT2D eigenvalue weighted by Gasteiger charge is 2.34. The van der Waals surface area contributed by atoms with E-state index in [2.05, 4.69) is 14.8 Å². The summed E-state index contributed by atoms with van der Waals surface area (Å²) in [5.41, 5.74) is 8.69. The average molecular weight is 359 g/mol. The lowest BCUT2D eigenvalue weighted by atomic mass is 9.80. The molecule has 7 heteroatoms. The van der Waals surface area contributed by atoms with Crippen LogP contribution in [0, 0.1) is 0 Å². The molecule has 2 aliphatic carbocycles. The van der Waals surface area contributed by atoms with Gasteiger partial charge in [0, 0.05) is 37.7 Å². The summed E-state index contributed by atoms with van der Waals surface area (Å²) in [7, 11) is 1.70. The Morgan fingerprint density at radius 2 is 1.96 bits per heavy atom. The van der Waals surface area contributed by atoms with Gasteiger partial charge in [0.25, 0.3) is 0 Å². The van der Waals surface area contributed by atoms with Gasteiger partial charge in [0.2, 0.25) is 5.91 Å². The molecule has 0 spiro atoms. The van der Waals surface area contributed by atoms with Crippen LogP contribution >= 0.6 is 0 Å². The van der Waals surface area contributed by atoms with Crippen molar-refractivity contribution in [3.63, 3.8) is 0 Å². The molecular formula is C19H29N5O2. The Kier molecular flexibility index (Phi) is 5.09. The first-order chi connectivity index (χ1) is 12.7. The van der Waals surface area contributed by atoms with Gasteiger partial charge in [-0.05, 0) is 44.9 Å². The van der Waals surface area contributed by atoms with Gasteiger partial charge in [0.1, 0.15) is 5.82 Å². The fraction of sp³-hybridized carbons (Fsp3) is 0.737. The van der Waals surface area contributed by atoms with Crippen LogP contribution < -0.4 is 5.73 Å². The van der Waals surface area contributed by atoms with Crippen molar-refractivity contribution in [2.24, 2.45) is 5.73 Å². The lowest BCUT2D eigenvalue weighted by molar-refractivity contribution is -0.131. The maximum Gasteiger partial charge on any atom is 0.227 e. The van der Waals surface area contributed by atoms with E-state index in [1.165, 1.54) is 24.1 Å². The molecule has 1 aliphatic heterocycles. The summed E-state index contributed by atoms with van der Waals surface area (Å²) in [6, 6.07) is 0.273. The number of nitrogens with two attached hydrogens (primary N) is 1. The number of carbonyl (C=O) groups is 1. The first-order valence-corrected chi connectivity index (χ1v) is 9.85. The molecule has 2 heterocycles. The molecule has 26 heavy (non-hydrogen) atoms. The Balaban J connectivity index is 1.59. The van der Waals surface area contributed by atoms with E-state index in [0.29, 0.717) is 32.0 Å². The Morgan fingerprint density at radius 3 is 2.73 bits per heavy atom. The largest absolute Gasteiger partial charge is 0.383 e. The maximum atomic E-state index is 12.6. The zero-order valence-corrected chi connectivity index (χ0v) is 15.6. The van der Waals surface area contributed by atoms with Crippen molar-refractivity contribution in [2.45, 2.75) is 76.4 Å². The third-order valence-corrected chi connectivity index (χ3v) is 6.03. The van der Waals surface area contributed by atoms with E-state index in [9.17, 15) is 4.79 Å². The normalized spacial score (nSPS) is 26.1. The molecule has 1 aromatic heterocycles. The molecule has 1 fully saturated rings. The molecule has 1 aromatic rings. The Hall–Kier alpha value is -1.73. The van der Waals surface area contributed by atoms with Crippen molar-refractivity contribution in [1.29, 1.82) is 0 Å². The molecular weight excluding hydrogens is 330 g/mol. The van der Waals surface area contributed by atoms with Crippen molar-refractivity contribution in [3.05, 3.63) is 22.9 Å². The topological polar surface area (TPSA) is 86.3 Å². The summed E-state index contributed by atoms with van der Waals surface area (Å²) in [6.45, 7) is 1.85. The van der Waals surface area contributed by atoms with E-state index >= 15 is 0 Å². The highest BCUT2D eigenvalue weighted by molar-refractivity contribution is 5.80. The number of carbonyl (C=O) groups excluding carboxylic acids is 1. The Bertz CT molecular complexity index is 705. The van der Waals surface area contributed by atoms with Gasteiger partial charge in [-0.1, -0.05) is 5.57 Å². The van der Waals surface area contributed by atoms with Gasteiger partial charge in [-0.2, -0.15) is 0 Å². The summed E-state index contributed by atoms with van der Waals surface area (Å²) < 4.78 is 7.44. The molecule has 0 bridgehead atoms. The minimum absolute atomic E-state index is 0.221. The van der Waals surface area contributed by atoms with Crippen molar-refractivity contribution >= 4 is 5.91 Å². The van der Waals surface area contributed by atoms with Crippen LogP contribution in [0.4, 0.5) is 0 Å². The van der Waals surface area contributed by atoms with Crippen LogP contribution in [0.2, 0.25) is 0 Å². The third-order valence-electron chi connectivity index (χ3n) is 6.03. The molecule has 0 saturated heterocycles. The third kappa shape index (κ3) is 3.30. The van der Waals surface area contributed by atoms with Gasteiger partial charge in [-0.15, -0.1) is 10.2 Å². The highest BCUT2D eigenvalue weighted by Crippen LogP contribution is 2.37. The molecule has 142 valence electrons. The maximum absolute atomic E-state index is 12.6. The predicted molar refractivity (Wildman–Crippen MR) is 97.1 cm³/mol. The van der Waals surface area contributed by atoms with E-state index in [0.717, 1.165) is 43.8 Å².